The van der Waals surface area contributed by atoms with Gasteiger partial charge in [-0.15, -0.1) is 0 Å². The molecule has 4 nitrogen and oxygen atoms in total. The molecule has 1 amide bonds. The Labute approximate surface area is 121 Å². The third-order valence-electron chi connectivity index (χ3n) is 3.27. The lowest BCUT2D eigenvalue weighted by Crippen LogP contribution is -2.36. The van der Waals surface area contributed by atoms with Crippen LogP contribution in [0.4, 0.5) is 13.6 Å². The second-order valence-electron chi connectivity index (χ2n) is 4.81. The molecule has 0 spiro atoms. The van der Waals surface area contributed by atoms with E-state index in [9.17, 15) is 13.6 Å². The Morgan fingerprint density at radius 3 is 2.57 bits per heavy atom. The number of amides is 1. The van der Waals surface area contributed by atoms with Gasteiger partial charge >= 0.3 is 6.09 Å². The largest absolute Gasteiger partial charge is 0.446 e. The number of alkyl carbamates (subject to hydrolysis) is 1. The van der Waals surface area contributed by atoms with Crippen LogP contribution in [-0.2, 0) is 4.74 Å². The number of carbonyl (C=O) groups excluding carboxylic acids is 1. The van der Waals surface area contributed by atoms with Crippen LogP contribution < -0.4 is 11.1 Å². The van der Waals surface area contributed by atoms with E-state index in [0.29, 0.717) is 18.4 Å². The van der Waals surface area contributed by atoms with E-state index in [-0.39, 0.29) is 25.1 Å². The van der Waals surface area contributed by atoms with E-state index < -0.39 is 17.7 Å². The summed E-state index contributed by atoms with van der Waals surface area (Å²) >= 11 is 0. The Kier molecular flexibility index (Phi) is 5.12. The van der Waals surface area contributed by atoms with Gasteiger partial charge in [-0.3, -0.25) is 0 Å². The van der Waals surface area contributed by atoms with Crippen LogP contribution in [0.5, 0.6) is 0 Å². The molecule has 0 aliphatic heterocycles. The van der Waals surface area contributed by atoms with Crippen LogP contribution in [0.15, 0.2) is 18.2 Å². The molecule has 2 rings (SSSR count). The number of hydrogen-bond donors (Lipinski definition) is 2. The van der Waals surface area contributed by atoms with Crippen LogP contribution in [0.2, 0.25) is 0 Å². The highest BCUT2D eigenvalue weighted by molar-refractivity contribution is 5.67. The lowest BCUT2D eigenvalue weighted by atomic mass is 9.77. The minimum absolute atomic E-state index is 0.0185. The minimum Gasteiger partial charge on any atom is -0.446 e. The van der Waals surface area contributed by atoms with Crippen LogP contribution in [0.3, 0.4) is 0 Å². The number of rotatable bonds is 3. The molecule has 21 heavy (non-hydrogen) atoms. The van der Waals surface area contributed by atoms with Gasteiger partial charge in [-0.25, -0.2) is 13.6 Å². The molecule has 0 radical (unpaired) electrons. The maximum atomic E-state index is 13.1. The molecule has 6 heteroatoms. The normalized spacial score (nSPS) is 20.0. The van der Waals surface area contributed by atoms with Gasteiger partial charge in [-0.05, 0) is 36.5 Å². The number of carbonyl (C=O) groups is 1. The van der Waals surface area contributed by atoms with Crippen LogP contribution in [0.1, 0.15) is 24.3 Å². The summed E-state index contributed by atoms with van der Waals surface area (Å²) in [6.45, 7) is 0.423. The fraction of sp³-hybridized carbons (Fsp3) is 0.400. The summed E-state index contributed by atoms with van der Waals surface area (Å²) in [5.74, 6) is 4.10. The van der Waals surface area contributed by atoms with Crippen molar-refractivity contribution >= 4 is 6.09 Å². The molecule has 1 aliphatic rings. The molecule has 3 N–H and O–H groups in total. The third kappa shape index (κ3) is 4.43. The number of hydrogen-bond acceptors (Lipinski definition) is 3. The lowest BCUT2D eigenvalue weighted by molar-refractivity contribution is 0.0400. The summed E-state index contributed by atoms with van der Waals surface area (Å²) in [5.41, 5.74) is 5.78. The minimum atomic E-state index is -0.592. The van der Waals surface area contributed by atoms with Crippen molar-refractivity contribution in [1.29, 1.82) is 0 Å². The summed E-state index contributed by atoms with van der Waals surface area (Å²) < 4.78 is 31.3. The molecule has 0 aromatic heterocycles. The molecule has 1 aromatic carbocycles. The quantitative estimate of drug-likeness (QED) is 0.837. The van der Waals surface area contributed by atoms with Gasteiger partial charge < -0.3 is 15.8 Å². The second kappa shape index (κ2) is 7.04. The number of nitrogens with one attached hydrogen (secondary N) is 1. The van der Waals surface area contributed by atoms with Crippen molar-refractivity contribution in [3.63, 3.8) is 0 Å². The maximum Gasteiger partial charge on any atom is 0.408 e. The van der Waals surface area contributed by atoms with E-state index in [1.165, 1.54) is 12.1 Å². The second-order valence-corrected chi connectivity index (χ2v) is 4.81. The Bertz CT molecular complexity index is 555. The van der Waals surface area contributed by atoms with Crippen molar-refractivity contribution in [3.8, 4) is 11.8 Å². The van der Waals surface area contributed by atoms with Crippen molar-refractivity contribution < 1.29 is 18.3 Å². The monoisotopic (exact) mass is 294 g/mol. The summed E-state index contributed by atoms with van der Waals surface area (Å²) in [5, 5.41) is 2.48. The Balaban J connectivity index is 1.75. The fourth-order valence-corrected chi connectivity index (χ4v) is 2.19. The molecular weight excluding hydrogens is 278 g/mol. The molecule has 0 unspecified atom stereocenters. The summed E-state index contributed by atoms with van der Waals surface area (Å²) in [6.07, 6.45) is 0.342. The Morgan fingerprint density at radius 1 is 1.29 bits per heavy atom. The molecule has 0 saturated heterocycles. The average molecular weight is 294 g/mol. The van der Waals surface area contributed by atoms with E-state index in [2.05, 4.69) is 17.2 Å². The molecule has 112 valence electrons. The highest BCUT2D eigenvalue weighted by Gasteiger charge is 2.33. The highest BCUT2D eigenvalue weighted by atomic mass is 19.1. The van der Waals surface area contributed by atoms with Crippen LogP contribution >= 0.6 is 0 Å². The SMILES string of the molecule is NCC#CCNC(=O)OC1CC(c2cc(F)cc(F)c2)C1. The summed E-state index contributed by atoms with van der Waals surface area (Å²) in [6, 6.07) is 3.46. The molecular formula is C15H16F2N2O2. The van der Waals surface area contributed by atoms with Gasteiger partial charge in [0.05, 0.1) is 13.1 Å². The van der Waals surface area contributed by atoms with Gasteiger partial charge in [0, 0.05) is 6.07 Å². The zero-order valence-corrected chi connectivity index (χ0v) is 11.4. The highest BCUT2D eigenvalue weighted by Crippen LogP contribution is 2.39. The van der Waals surface area contributed by atoms with E-state index in [1.54, 1.807) is 0 Å². The lowest BCUT2D eigenvalue weighted by Gasteiger charge is -2.34. The fourth-order valence-electron chi connectivity index (χ4n) is 2.19. The first-order valence-electron chi connectivity index (χ1n) is 6.64. The molecule has 1 aromatic rings. The Hall–Kier alpha value is -2.13. The number of halogens is 2. The van der Waals surface area contributed by atoms with Gasteiger partial charge in [-0.1, -0.05) is 11.8 Å². The first-order valence-corrected chi connectivity index (χ1v) is 6.64. The molecule has 0 atom stereocenters. The first kappa shape index (κ1) is 15.3. The topological polar surface area (TPSA) is 64.3 Å². The predicted octanol–water partition coefficient (Wildman–Crippen LogP) is 1.90. The Morgan fingerprint density at radius 2 is 1.95 bits per heavy atom. The van der Waals surface area contributed by atoms with Crippen LogP contribution in [-0.4, -0.2) is 25.3 Å². The van der Waals surface area contributed by atoms with Gasteiger partial charge in [0.15, 0.2) is 0 Å². The smallest absolute Gasteiger partial charge is 0.408 e. The maximum absolute atomic E-state index is 13.1. The zero-order chi connectivity index (χ0) is 15.2. The van der Waals surface area contributed by atoms with Crippen molar-refractivity contribution in [3.05, 3.63) is 35.4 Å². The van der Waals surface area contributed by atoms with Gasteiger partial charge in [0.25, 0.3) is 0 Å². The molecule has 1 fully saturated rings. The van der Waals surface area contributed by atoms with Gasteiger partial charge in [0.2, 0.25) is 0 Å². The van der Waals surface area contributed by atoms with E-state index >= 15 is 0 Å². The van der Waals surface area contributed by atoms with E-state index in [1.807, 2.05) is 0 Å². The van der Waals surface area contributed by atoms with E-state index in [4.69, 9.17) is 10.5 Å². The molecule has 1 saturated carbocycles. The molecule has 0 heterocycles. The third-order valence-corrected chi connectivity index (χ3v) is 3.27. The molecule has 1 aliphatic carbocycles. The standard InChI is InChI=1S/C15H16F2N2O2/c16-12-5-10(6-13(17)9-12)11-7-14(8-11)21-15(20)19-4-2-1-3-18/h5-6,9,11,14H,3-4,7-8,18H2,(H,19,20). The zero-order valence-electron chi connectivity index (χ0n) is 11.4. The van der Waals surface area contributed by atoms with Crippen LogP contribution in [0, 0.1) is 23.5 Å². The molecule has 0 bridgehead atoms. The van der Waals surface area contributed by atoms with Crippen molar-refractivity contribution in [2.45, 2.75) is 24.9 Å². The van der Waals surface area contributed by atoms with Crippen molar-refractivity contribution in [2.75, 3.05) is 13.1 Å². The predicted molar refractivity (Wildman–Crippen MR) is 73.4 cm³/mol. The van der Waals surface area contributed by atoms with Crippen molar-refractivity contribution in [2.24, 2.45) is 5.73 Å². The van der Waals surface area contributed by atoms with Crippen molar-refractivity contribution in [1.82, 2.24) is 5.32 Å². The van der Waals surface area contributed by atoms with Gasteiger partial charge in [0.1, 0.15) is 17.7 Å². The summed E-state index contributed by atoms with van der Waals surface area (Å²) in [7, 11) is 0. The van der Waals surface area contributed by atoms with Gasteiger partial charge in [-0.2, -0.15) is 0 Å². The average Bonchev–Trinajstić information content (AvgIpc) is 2.37. The number of benzene rings is 1. The summed E-state index contributed by atoms with van der Waals surface area (Å²) in [4.78, 5) is 11.4. The van der Waals surface area contributed by atoms with Crippen LogP contribution in [0.25, 0.3) is 0 Å². The number of ether oxygens (including phenoxy) is 1. The first-order chi connectivity index (χ1) is 10.1. The van der Waals surface area contributed by atoms with E-state index in [0.717, 1.165) is 6.07 Å². The number of nitrogens with two attached hydrogens (primary N) is 1.